The van der Waals surface area contributed by atoms with E-state index in [1.54, 1.807) is 35.9 Å². The molecule has 2 amide bonds. The van der Waals surface area contributed by atoms with Gasteiger partial charge in [0.2, 0.25) is 11.8 Å². The number of alkyl halides is 5. The number of hydrogen-bond acceptors (Lipinski definition) is 4. The van der Waals surface area contributed by atoms with Gasteiger partial charge in [-0.25, -0.2) is 13.8 Å². The van der Waals surface area contributed by atoms with Crippen molar-refractivity contribution < 1.29 is 31.5 Å². The van der Waals surface area contributed by atoms with Gasteiger partial charge in [0.15, 0.2) is 0 Å². The largest absolute Gasteiger partial charge is 0.389 e. The lowest BCUT2D eigenvalue weighted by atomic mass is 9.81. The molecule has 3 N–H and O–H groups in total. The van der Waals surface area contributed by atoms with E-state index in [-0.39, 0.29) is 37.6 Å². The van der Waals surface area contributed by atoms with Gasteiger partial charge in [0.1, 0.15) is 11.5 Å². The van der Waals surface area contributed by atoms with E-state index in [9.17, 15) is 31.5 Å². The fraction of sp³-hybridized carbons (Fsp3) is 0.556. The normalized spacial score (nSPS) is 17.6. The first kappa shape index (κ1) is 29.5. The molecular formula is C27H33F5N6O2. The number of imidazole rings is 1. The van der Waals surface area contributed by atoms with Crippen LogP contribution in [0.15, 0.2) is 30.5 Å². The second-order valence-electron chi connectivity index (χ2n) is 10.7. The van der Waals surface area contributed by atoms with Crippen LogP contribution in [0.25, 0.3) is 11.0 Å². The van der Waals surface area contributed by atoms with Crippen LogP contribution in [0.1, 0.15) is 99.3 Å². The van der Waals surface area contributed by atoms with Crippen molar-refractivity contribution in [2.75, 3.05) is 0 Å². The molecule has 1 aliphatic rings. The van der Waals surface area contributed by atoms with Gasteiger partial charge in [-0.1, -0.05) is 6.07 Å². The number of carbonyl (C=O) groups excluding carboxylic acids is 2. The van der Waals surface area contributed by atoms with Crippen molar-refractivity contribution in [1.82, 2.24) is 30.4 Å². The molecule has 8 nitrogen and oxygen atoms in total. The molecule has 0 radical (unpaired) electrons. The molecule has 4 rings (SSSR count). The van der Waals surface area contributed by atoms with E-state index in [1.807, 2.05) is 13.8 Å². The highest BCUT2D eigenvalue weighted by atomic mass is 19.4. The number of carbonyl (C=O) groups is 2. The van der Waals surface area contributed by atoms with E-state index >= 15 is 0 Å². The topological polar surface area (TPSA) is 105 Å². The number of H-pyrrole nitrogens is 1. The van der Waals surface area contributed by atoms with E-state index in [2.05, 4.69) is 25.7 Å². The quantitative estimate of drug-likeness (QED) is 0.269. The molecule has 1 aliphatic carbocycles. The first-order valence-electron chi connectivity index (χ1n) is 13.3. The van der Waals surface area contributed by atoms with Crippen molar-refractivity contribution in [2.45, 2.75) is 89.5 Å². The molecule has 1 fully saturated rings. The monoisotopic (exact) mass is 568 g/mol. The summed E-state index contributed by atoms with van der Waals surface area (Å²) in [5.41, 5.74) is 2.12. The Morgan fingerprint density at radius 2 is 1.82 bits per heavy atom. The van der Waals surface area contributed by atoms with Crippen LogP contribution in [0, 0.1) is 5.92 Å². The number of hydrogen-bond donors (Lipinski definition) is 3. The van der Waals surface area contributed by atoms with Gasteiger partial charge in [0, 0.05) is 31.5 Å². The van der Waals surface area contributed by atoms with Crippen LogP contribution in [-0.2, 0) is 4.79 Å². The third kappa shape index (κ3) is 7.16. The number of rotatable bonds is 9. The van der Waals surface area contributed by atoms with Crippen LogP contribution in [0.3, 0.4) is 0 Å². The second kappa shape index (κ2) is 11.5. The molecule has 2 heterocycles. The summed E-state index contributed by atoms with van der Waals surface area (Å²) in [5, 5.41) is 9.76. The minimum Gasteiger partial charge on any atom is -0.350 e. The lowest BCUT2D eigenvalue weighted by Crippen LogP contribution is -2.38. The van der Waals surface area contributed by atoms with E-state index < -0.39 is 48.8 Å². The Hall–Kier alpha value is -3.51. The summed E-state index contributed by atoms with van der Waals surface area (Å²) in [6.07, 6.45) is -4.94. The Kier molecular flexibility index (Phi) is 8.50. The van der Waals surface area contributed by atoms with Crippen LogP contribution >= 0.6 is 0 Å². The zero-order valence-corrected chi connectivity index (χ0v) is 22.5. The first-order chi connectivity index (χ1) is 18.7. The molecule has 3 aromatic rings. The lowest BCUT2D eigenvalue weighted by molar-refractivity contribution is -0.144. The highest BCUT2D eigenvalue weighted by Gasteiger charge is 2.39. The number of amides is 2. The Balaban J connectivity index is 1.57. The first-order valence-corrected chi connectivity index (χ1v) is 13.3. The Morgan fingerprint density at radius 1 is 1.12 bits per heavy atom. The summed E-state index contributed by atoms with van der Waals surface area (Å²) < 4.78 is 66.8. The minimum absolute atomic E-state index is 0.0665. The third-order valence-corrected chi connectivity index (χ3v) is 7.24. The maximum atomic E-state index is 13.9. The molecule has 0 saturated heterocycles. The molecule has 218 valence electrons. The predicted molar refractivity (Wildman–Crippen MR) is 138 cm³/mol. The number of nitrogens with one attached hydrogen (secondary N) is 3. The summed E-state index contributed by atoms with van der Waals surface area (Å²) in [5.74, 6) is -3.73. The number of aromatic amines is 1. The smallest absolute Gasteiger partial charge is 0.350 e. The number of nitrogens with zero attached hydrogens (tertiary/aromatic N) is 3. The number of benzene rings is 1. The maximum Gasteiger partial charge on any atom is 0.389 e. The molecule has 1 saturated carbocycles. The van der Waals surface area contributed by atoms with Gasteiger partial charge < -0.3 is 15.6 Å². The summed E-state index contributed by atoms with van der Waals surface area (Å²) in [6, 6.07) is 5.42. The van der Waals surface area contributed by atoms with Gasteiger partial charge in [-0.2, -0.15) is 18.3 Å². The molecule has 1 aromatic carbocycles. The van der Waals surface area contributed by atoms with Crippen LogP contribution in [-0.4, -0.2) is 43.7 Å². The van der Waals surface area contributed by atoms with Gasteiger partial charge in [-0.3, -0.25) is 14.3 Å². The number of aromatic nitrogens is 4. The molecular weight excluding hydrogens is 535 g/mol. The minimum atomic E-state index is -4.42. The number of fused-ring (bicyclic) bond motifs is 1. The molecule has 0 bridgehead atoms. The molecule has 40 heavy (non-hydrogen) atoms. The maximum absolute atomic E-state index is 13.9. The zero-order valence-electron chi connectivity index (χ0n) is 22.5. The van der Waals surface area contributed by atoms with Crippen molar-refractivity contribution in [2.24, 2.45) is 5.92 Å². The summed E-state index contributed by atoms with van der Waals surface area (Å²) in [6.45, 7) is 5.44. The van der Waals surface area contributed by atoms with E-state index in [4.69, 9.17) is 0 Å². The van der Waals surface area contributed by atoms with E-state index in [0.29, 0.717) is 28.1 Å². The van der Waals surface area contributed by atoms with Gasteiger partial charge in [0.25, 0.3) is 5.91 Å². The van der Waals surface area contributed by atoms with Crippen molar-refractivity contribution in [3.63, 3.8) is 0 Å². The van der Waals surface area contributed by atoms with Crippen molar-refractivity contribution >= 4 is 22.8 Å². The van der Waals surface area contributed by atoms with Crippen LogP contribution in [0.4, 0.5) is 22.0 Å². The zero-order chi connectivity index (χ0) is 29.2. The van der Waals surface area contributed by atoms with Gasteiger partial charge in [0.05, 0.1) is 29.5 Å². The van der Waals surface area contributed by atoms with Crippen LogP contribution in [0.2, 0.25) is 0 Å². The van der Waals surface area contributed by atoms with E-state index in [1.165, 1.54) is 6.20 Å². The summed E-state index contributed by atoms with van der Waals surface area (Å²) >= 11 is 0. The Morgan fingerprint density at radius 3 is 2.48 bits per heavy atom. The SMILES string of the molecule is CC(C)n1nccc1C(=O)N[C@H](c1nc2ccc([C@@H](C)NC(=O)CCC(F)(F)F)cc2[nH]1)C1CCC(F)(F)CC1. The predicted octanol–water partition coefficient (Wildman–Crippen LogP) is 6.16. The Bertz CT molecular complexity index is 1340. The molecule has 2 atom stereocenters. The molecule has 2 aromatic heterocycles. The Labute approximate surface area is 228 Å². The molecule has 0 unspecified atom stereocenters. The average Bonchev–Trinajstić information content (AvgIpc) is 3.53. The van der Waals surface area contributed by atoms with Gasteiger partial charge in [-0.15, -0.1) is 0 Å². The highest BCUT2D eigenvalue weighted by Crippen LogP contribution is 2.41. The molecule has 13 heteroatoms. The van der Waals surface area contributed by atoms with Crippen molar-refractivity contribution in [3.8, 4) is 0 Å². The fourth-order valence-corrected chi connectivity index (χ4v) is 5.04. The second-order valence-corrected chi connectivity index (χ2v) is 10.7. The standard InChI is InChI=1S/C27H33F5N6O2/c1-15(2)38-21(9-13-33-38)25(40)37-23(17-6-10-26(28,29)11-7-17)24-35-19-5-4-18(14-20(19)36-24)16(3)34-22(39)8-12-27(30,31)32/h4-5,9,13-17,23H,6-8,10-12H2,1-3H3,(H,34,39)(H,35,36)(H,37,40)/t16-,23+/m1/s1. The van der Waals surface area contributed by atoms with Gasteiger partial charge in [-0.05, 0) is 63.3 Å². The van der Waals surface area contributed by atoms with Gasteiger partial charge >= 0.3 is 6.18 Å². The average molecular weight is 569 g/mol. The molecule has 0 aliphatic heterocycles. The van der Waals surface area contributed by atoms with Crippen molar-refractivity contribution in [3.05, 3.63) is 47.5 Å². The third-order valence-electron chi connectivity index (χ3n) is 7.24. The fourth-order valence-electron chi connectivity index (χ4n) is 5.04. The van der Waals surface area contributed by atoms with Crippen molar-refractivity contribution in [1.29, 1.82) is 0 Å². The lowest BCUT2D eigenvalue weighted by Gasteiger charge is -2.33. The summed E-state index contributed by atoms with van der Waals surface area (Å²) in [4.78, 5) is 33.1. The van der Waals surface area contributed by atoms with Crippen LogP contribution in [0.5, 0.6) is 0 Å². The number of halogens is 5. The molecule has 0 spiro atoms. The van der Waals surface area contributed by atoms with E-state index in [0.717, 1.165) is 0 Å². The summed E-state index contributed by atoms with van der Waals surface area (Å²) in [7, 11) is 0. The highest BCUT2D eigenvalue weighted by molar-refractivity contribution is 5.92. The van der Waals surface area contributed by atoms with Crippen LogP contribution < -0.4 is 10.6 Å².